The largest absolute Gasteiger partial charge is 0.310 e. The van der Waals surface area contributed by atoms with Crippen molar-refractivity contribution >= 4 is 15.9 Å². The predicted molar refractivity (Wildman–Crippen MR) is 82.8 cm³/mol. The van der Waals surface area contributed by atoms with Crippen LogP contribution in [0.2, 0.25) is 0 Å². The number of halogens is 2. The quantitative estimate of drug-likeness (QED) is 0.458. The zero-order valence-electron chi connectivity index (χ0n) is 11.9. The van der Waals surface area contributed by atoms with Crippen LogP contribution in [0.15, 0.2) is 41.1 Å². The first-order valence-corrected chi connectivity index (χ1v) is 7.23. The smallest absolute Gasteiger partial charge is 0.195 e. The molecule has 3 rings (SSSR count). The SMILES string of the molecule is Cc1cccc(C)c1-n1c(Br)nnc1-c1[c-]cccc1F.[Ir]. The van der Waals surface area contributed by atoms with E-state index in [9.17, 15) is 4.39 Å². The van der Waals surface area contributed by atoms with E-state index in [2.05, 4.69) is 32.2 Å². The molecule has 0 fully saturated rings. The van der Waals surface area contributed by atoms with Crippen LogP contribution in [0.25, 0.3) is 17.1 Å². The molecule has 115 valence electrons. The minimum atomic E-state index is -0.370. The normalized spacial score (nSPS) is 10.4. The Bertz CT molecular complexity index is 797. The molecule has 22 heavy (non-hydrogen) atoms. The van der Waals surface area contributed by atoms with Crippen molar-refractivity contribution in [2.24, 2.45) is 0 Å². The van der Waals surface area contributed by atoms with Gasteiger partial charge in [0.05, 0.1) is 5.82 Å². The molecule has 0 saturated carbocycles. The van der Waals surface area contributed by atoms with E-state index in [1.807, 2.05) is 32.0 Å². The molecule has 0 aliphatic carbocycles. The van der Waals surface area contributed by atoms with Gasteiger partial charge >= 0.3 is 0 Å². The molecule has 6 heteroatoms. The van der Waals surface area contributed by atoms with Gasteiger partial charge in [0.1, 0.15) is 0 Å². The molecule has 0 bridgehead atoms. The molecule has 2 aromatic carbocycles. The number of benzene rings is 2. The standard InChI is InChI=1S/C16H12BrFN3.Ir/c1-10-6-5-7-11(2)14(10)21-15(19-20-16(21)17)12-8-3-4-9-13(12)18;/h3-7,9H,1-2H3;/q-1;. The van der Waals surface area contributed by atoms with Gasteiger partial charge in [-0.2, -0.15) is 5.10 Å². The first kappa shape index (κ1) is 17.0. The number of aromatic nitrogens is 3. The van der Waals surface area contributed by atoms with Gasteiger partial charge in [0.15, 0.2) is 4.73 Å². The van der Waals surface area contributed by atoms with Crippen molar-refractivity contribution in [3.05, 3.63) is 64.1 Å². The number of hydrogen-bond acceptors (Lipinski definition) is 2. The van der Waals surface area contributed by atoms with Gasteiger partial charge < -0.3 is 4.57 Å². The Labute approximate surface area is 150 Å². The zero-order valence-corrected chi connectivity index (χ0v) is 15.9. The minimum absolute atomic E-state index is 0. The predicted octanol–water partition coefficient (Wildman–Crippen LogP) is 4.25. The van der Waals surface area contributed by atoms with E-state index >= 15 is 0 Å². The molecule has 0 N–H and O–H groups in total. The molecule has 0 atom stereocenters. The third-order valence-corrected chi connectivity index (χ3v) is 3.83. The minimum Gasteiger partial charge on any atom is -0.310 e. The van der Waals surface area contributed by atoms with E-state index < -0.39 is 0 Å². The monoisotopic (exact) mass is 537 g/mol. The Morgan fingerprint density at radius 3 is 2.41 bits per heavy atom. The fourth-order valence-electron chi connectivity index (χ4n) is 2.37. The molecule has 1 heterocycles. The molecule has 1 aromatic heterocycles. The van der Waals surface area contributed by atoms with E-state index in [-0.39, 0.29) is 25.9 Å². The summed E-state index contributed by atoms with van der Waals surface area (Å²) in [6.07, 6.45) is 0. The molecule has 3 nitrogen and oxygen atoms in total. The molecule has 0 saturated heterocycles. The van der Waals surface area contributed by atoms with Crippen molar-refractivity contribution in [3.8, 4) is 17.1 Å². The molecule has 0 aliphatic heterocycles. The topological polar surface area (TPSA) is 30.7 Å². The maximum atomic E-state index is 14.1. The Morgan fingerprint density at radius 1 is 1.09 bits per heavy atom. The van der Waals surface area contributed by atoms with Crippen LogP contribution in [0.5, 0.6) is 0 Å². The third-order valence-electron chi connectivity index (χ3n) is 3.32. The van der Waals surface area contributed by atoms with Crippen LogP contribution < -0.4 is 0 Å². The number of nitrogens with zero attached hydrogens (tertiary/aromatic N) is 3. The summed E-state index contributed by atoms with van der Waals surface area (Å²) < 4.78 is 16.4. The molecular weight excluding hydrogens is 525 g/mol. The van der Waals surface area contributed by atoms with Gasteiger partial charge in [-0.25, -0.2) is 0 Å². The number of hydrogen-bond donors (Lipinski definition) is 0. The van der Waals surface area contributed by atoms with Crippen molar-refractivity contribution in [2.45, 2.75) is 13.8 Å². The van der Waals surface area contributed by atoms with E-state index in [1.54, 1.807) is 16.7 Å². The Kier molecular flexibility index (Phi) is 5.27. The van der Waals surface area contributed by atoms with Crippen LogP contribution in [0.3, 0.4) is 0 Å². The van der Waals surface area contributed by atoms with Crippen molar-refractivity contribution < 1.29 is 24.5 Å². The van der Waals surface area contributed by atoms with Crippen LogP contribution >= 0.6 is 15.9 Å². The van der Waals surface area contributed by atoms with Crippen LogP contribution in [0.4, 0.5) is 4.39 Å². The van der Waals surface area contributed by atoms with Crippen LogP contribution in [-0.4, -0.2) is 14.8 Å². The van der Waals surface area contributed by atoms with E-state index in [4.69, 9.17) is 0 Å². The van der Waals surface area contributed by atoms with Crippen molar-refractivity contribution in [3.63, 3.8) is 0 Å². The first-order valence-electron chi connectivity index (χ1n) is 6.43. The number of para-hydroxylation sites is 1. The molecule has 3 aromatic rings. The average molecular weight is 537 g/mol. The summed E-state index contributed by atoms with van der Waals surface area (Å²) in [6, 6.07) is 13.6. The van der Waals surface area contributed by atoms with Gasteiger partial charge in [-0.1, -0.05) is 23.8 Å². The first-order chi connectivity index (χ1) is 10.1. The van der Waals surface area contributed by atoms with Gasteiger partial charge in [-0.3, -0.25) is 4.39 Å². The maximum absolute atomic E-state index is 14.1. The fraction of sp³-hybridized carbons (Fsp3) is 0.125. The molecule has 0 amide bonds. The molecule has 0 spiro atoms. The third kappa shape index (κ3) is 2.91. The second-order valence-corrected chi connectivity index (χ2v) is 5.47. The summed E-state index contributed by atoms with van der Waals surface area (Å²) >= 11 is 3.40. The second kappa shape index (κ2) is 6.82. The second-order valence-electron chi connectivity index (χ2n) is 4.76. The van der Waals surface area contributed by atoms with Crippen molar-refractivity contribution in [2.75, 3.05) is 0 Å². The summed E-state index contributed by atoms with van der Waals surface area (Å²) in [5.41, 5.74) is 3.38. The Hall–Kier alpha value is -1.36. The summed E-state index contributed by atoms with van der Waals surface area (Å²) in [4.78, 5) is 0. The summed E-state index contributed by atoms with van der Waals surface area (Å²) in [6.45, 7) is 4.01. The van der Waals surface area contributed by atoms with Gasteiger partial charge in [0.2, 0.25) is 0 Å². The summed E-state index contributed by atoms with van der Waals surface area (Å²) in [7, 11) is 0. The van der Waals surface area contributed by atoms with E-state index in [1.165, 1.54) is 6.07 Å². The summed E-state index contributed by atoms with van der Waals surface area (Å²) in [5.74, 6) is 0.0577. The molecule has 1 radical (unpaired) electrons. The summed E-state index contributed by atoms with van der Waals surface area (Å²) in [5, 5.41) is 8.14. The Balaban J connectivity index is 0.00000176. The van der Waals surface area contributed by atoms with E-state index in [0.717, 1.165) is 16.8 Å². The van der Waals surface area contributed by atoms with Gasteiger partial charge in [-0.15, -0.1) is 29.4 Å². The van der Waals surface area contributed by atoms with Crippen LogP contribution in [0.1, 0.15) is 11.1 Å². The molecular formula is C16H12BrFIrN3-. The maximum Gasteiger partial charge on any atom is 0.195 e. The molecule has 0 unspecified atom stereocenters. The zero-order chi connectivity index (χ0) is 15.0. The van der Waals surface area contributed by atoms with Gasteiger partial charge in [0, 0.05) is 31.6 Å². The number of aryl methyl sites for hydroxylation is 2. The Morgan fingerprint density at radius 2 is 1.77 bits per heavy atom. The van der Waals surface area contributed by atoms with Crippen molar-refractivity contribution in [1.82, 2.24) is 14.8 Å². The molecule has 0 aliphatic rings. The fourth-order valence-corrected chi connectivity index (χ4v) is 2.80. The van der Waals surface area contributed by atoms with Crippen LogP contribution in [0, 0.1) is 25.7 Å². The number of rotatable bonds is 2. The van der Waals surface area contributed by atoms with E-state index in [0.29, 0.717) is 16.1 Å². The van der Waals surface area contributed by atoms with Gasteiger partial charge in [-0.05, 0) is 40.9 Å². The van der Waals surface area contributed by atoms with Gasteiger partial charge in [0.25, 0.3) is 0 Å². The average Bonchev–Trinajstić information content (AvgIpc) is 2.81. The van der Waals surface area contributed by atoms with Crippen LogP contribution in [-0.2, 0) is 20.1 Å². The van der Waals surface area contributed by atoms with Crippen molar-refractivity contribution in [1.29, 1.82) is 0 Å².